The molecule has 1 aromatic heterocycles. The summed E-state index contributed by atoms with van der Waals surface area (Å²) in [6, 6.07) is 12.0. The number of amidine groups is 1. The monoisotopic (exact) mass is 539 g/mol. The van der Waals surface area contributed by atoms with Crippen LogP contribution in [0.2, 0.25) is 0 Å². The van der Waals surface area contributed by atoms with Crippen LogP contribution in [0, 0.1) is 5.82 Å². The quantitative estimate of drug-likeness (QED) is 0.201. The molecule has 0 spiro atoms. The number of urea groups is 1. The molecule has 0 aliphatic heterocycles. The molecule has 1 unspecified atom stereocenters. The van der Waals surface area contributed by atoms with Gasteiger partial charge >= 0.3 is 6.03 Å². The Balaban J connectivity index is 1.66. The van der Waals surface area contributed by atoms with Crippen molar-refractivity contribution in [1.29, 1.82) is 0 Å². The van der Waals surface area contributed by atoms with Crippen LogP contribution >= 0.6 is 15.9 Å². The molecule has 0 fully saturated rings. The Hall–Kier alpha value is -3.36. The van der Waals surface area contributed by atoms with E-state index in [-0.39, 0.29) is 34.1 Å². The fraction of sp³-hybridized carbons (Fsp3) is 0.158. The molecule has 2 amide bonds. The van der Waals surface area contributed by atoms with Crippen molar-refractivity contribution in [3.05, 3.63) is 64.5 Å². The molecule has 1 atom stereocenters. The average Bonchev–Trinajstić information content (AvgIpc) is 3.23. The van der Waals surface area contributed by atoms with Gasteiger partial charge in [-0.1, -0.05) is 18.2 Å². The summed E-state index contributed by atoms with van der Waals surface area (Å²) in [4.78, 5) is 16.2. The number of aromatic nitrogens is 2. The molecule has 0 aliphatic rings. The van der Waals surface area contributed by atoms with Crippen LogP contribution in [0.4, 0.5) is 26.4 Å². The van der Waals surface area contributed by atoms with Gasteiger partial charge < -0.3 is 10.6 Å². The van der Waals surface area contributed by atoms with Gasteiger partial charge in [-0.25, -0.2) is 23.0 Å². The molecule has 14 heteroatoms. The molecular formula is C19H19BrFN7O4S. The molecule has 0 aliphatic carbocycles. The average molecular weight is 540 g/mol. The predicted octanol–water partition coefficient (Wildman–Crippen LogP) is 3.77. The molecule has 2 aromatic carbocycles. The first-order chi connectivity index (χ1) is 15.8. The molecule has 33 heavy (non-hydrogen) atoms. The third-order valence-corrected chi connectivity index (χ3v) is 6.16. The van der Waals surface area contributed by atoms with E-state index in [1.807, 2.05) is 5.48 Å². The number of para-hydroxylation sites is 1. The lowest BCUT2D eigenvalue weighted by atomic mass is 10.3. The van der Waals surface area contributed by atoms with Gasteiger partial charge in [0.15, 0.2) is 11.5 Å². The minimum absolute atomic E-state index is 0.00541. The standard InChI is InChI=1S/C19H19BrFN7O4S/c1-33(31,28-19(29)24-12-5-3-2-4-6-12)10-9-22-17-16(26-32-27-17)18(25-30)23-13-7-8-15(21)14(20)11-13/h2-8,11,30H,9-10H2,1H3,(H,22,27)(H,23,25)(H,24,29). The molecule has 174 valence electrons. The summed E-state index contributed by atoms with van der Waals surface area (Å²) in [6.07, 6.45) is 1.36. The number of halogens is 2. The molecule has 3 rings (SSSR count). The number of nitrogens with zero attached hydrogens (tertiary/aromatic N) is 4. The first-order valence-corrected chi connectivity index (χ1v) is 12.2. The third-order valence-electron chi connectivity index (χ3n) is 4.04. The molecule has 0 saturated heterocycles. The number of nitrogens with one attached hydrogen (secondary N) is 3. The van der Waals surface area contributed by atoms with Crippen molar-refractivity contribution >= 4 is 54.7 Å². The first kappa shape index (κ1) is 24.3. The van der Waals surface area contributed by atoms with Gasteiger partial charge in [0.2, 0.25) is 5.82 Å². The van der Waals surface area contributed by atoms with Crippen LogP contribution in [0.25, 0.3) is 0 Å². The lowest BCUT2D eigenvalue weighted by Crippen LogP contribution is -2.23. The van der Waals surface area contributed by atoms with Crippen molar-refractivity contribution in [2.45, 2.75) is 0 Å². The number of hydrogen-bond donors (Lipinski definition) is 4. The highest BCUT2D eigenvalue weighted by Gasteiger charge is 2.17. The number of hydrogen-bond acceptors (Lipinski definition) is 8. The van der Waals surface area contributed by atoms with Gasteiger partial charge in [0, 0.05) is 24.2 Å². The second-order valence-electron chi connectivity index (χ2n) is 6.61. The van der Waals surface area contributed by atoms with E-state index in [2.05, 4.69) is 46.2 Å². The zero-order chi connectivity index (χ0) is 23.8. The lowest BCUT2D eigenvalue weighted by molar-refractivity contribution is 0.234. The molecule has 1 heterocycles. The molecule has 11 nitrogen and oxygen atoms in total. The van der Waals surface area contributed by atoms with Crippen molar-refractivity contribution in [2.24, 2.45) is 9.36 Å². The second kappa shape index (κ2) is 11.0. The van der Waals surface area contributed by atoms with E-state index >= 15 is 0 Å². The molecule has 0 radical (unpaired) electrons. The number of benzene rings is 2. The van der Waals surface area contributed by atoms with Crippen LogP contribution in [0.15, 0.2) is 67.0 Å². The zero-order valence-corrected chi connectivity index (χ0v) is 19.6. The number of aliphatic imine (C=N–C) groups is 1. The Labute approximate surface area is 196 Å². The Bertz CT molecular complexity index is 1280. The summed E-state index contributed by atoms with van der Waals surface area (Å²) < 4.78 is 34.7. The van der Waals surface area contributed by atoms with Crippen molar-refractivity contribution in [2.75, 3.05) is 29.2 Å². The zero-order valence-electron chi connectivity index (χ0n) is 17.2. The van der Waals surface area contributed by atoms with Crippen molar-refractivity contribution in [3.63, 3.8) is 0 Å². The van der Waals surface area contributed by atoms with E-state index in [1.54, 1.807) is 30.3 Å². The molecule has 0 bridgehead atoms. The SMILES string of the molecule is CS(=O)(CCNc1nonc1C(=Nc1ccc(F)c(Br)c1)NO)=NC(=O)Nc1ccccc1. The van der Waals surface area contributed by atoms with Crippen molar-refractivity contribution < 1.29 is 23.2 Å². The van der Waals surface area contributed by atoms with E-state index in [9.17, 15) is 18.6 Å². The van der Waals surface area contributed by atoms with Crippen LogP contribution in [0.5, 0.6) is 0 Å². The number of rotatable bonds is 7. The predicted molar refractivity (Wildman–Crippen MR) is 125 cm³/mol. The largest absolute Gasteiger partial charge is 0.364 e. The first-order valence-electron chi connectivity index (χ1n) is 9.34. The minimum atomic E-state index is -2.86. The van der Waals surface area contributed by atoms with E-state index in [0.717, 1.165) is 0 Å². The Morgan fingerprint density at radius 2 is 2.00 bits per heavy atom. The van der Waals surface area contributed by atoms with Crippen molar-refractivity contribution in [3.8, 4) is 0 Å². The maximum absolute atomic E-state index is 13.4. The van der Waals surface area contributed by atoms with E-state index in [0.29, 0.717) is 11.4 Å². The number of carbonyl (C=O) groups excluding carboxylic acids is 1. The Kier molecular flexibility index (Phi) is 8.08. The third kappa shape index (κ3) is 7.06. The van der Waals surface area contributed by atoms with Gasteiger partial charge in [-0.15, -0.1) is 4.36 Å². The maximum atomic E-state index is 13.4. The van der Waals surface area contributed by atoms with Gasteiger partial charge in [0.05, 0.1) is 19.9 Å². The van der Waals surface area contributed by atoms with E-state index < -0.39 is 21.6 Å². The van der Waals surface area contributed by atoms with Crippen LogP contribution < -0.4 is 16.1 Å². The number of carbonyl (C=O) groups is 1. The van der Waals surface area contributed by atoms with Gasteiger partial charge in [0.1, 0.15) is 5.82 Å². The molecule has 0 saturated carbocycles. The maximum Gasteiger partial charge on any atom is 0.353 e. The summed E-state index contributed by atoms with van der Waals surface area (Å²) in [5.74, 6) is -0.489. The number of anilines is 2. The lowest BCUT2D eigenvalue weighted by Gasteiger charge is -2.07. The van der Waals surface area contributed by atoms with Crippen LogP contribution in [0.3, 0.4) is 0 Å². The summed E-state index contributed by atoms with van der Waals surface area (Å²) in [5, 5.41) is 22.3. The number of hydroxylamine groups is 1. The second-order valence-corrected chi connectivity index (χ2v) is 9.97. The van der Waals surface area contributed by atoms with Gasteiger partial charge in [-0.05, 0) is 56.6 Å². The fourth-order valence-corrected chi connectivity index (χ4v) is 3.86. The van der Waals surface area contributed by atoms with Crippen LogP contribution in [0.1, 0.15) is 5.69 Å². The van der Waals surface area contributed by atoms with E-state index in [4.69, 9.17) is 4.63 Å². The highest BCUT2D eigenvalue weighted by atomic mass is 79.9. The minimum Gasteiger partial charge on any atom is -0.364 e. The fourth-order valence-electron chi connectivity index (χ4n) is 2.52. The Morgan fingerprint density at radius 1 is 1.24 bits per heavy atom. The highest BCUT2D eigenvalue weighted by Crippen LogP contribution is 2.23. The normalized spacial score (nSPS) is 13.2. The molecule has 4 N–H and O–H groups in total. The van der Waals surface area contributed by atoms with Crippen LogP contribution in [-0.4, -0.2) is 50.1 Å². The Morgan fingerprint density at radius 3 is 2.70 bits per heavy atom. The van der Waals surface area contributed by atoms with Gasteiger partial charge in [0.25, 0.3) is 0 Å². The number of amides is 2. The molecule has 3 aromatic rings. The smallest absolute Gasteiger partial charge is 0.353 e. The summed E-state index contributed by atoms with van der Waals surface area (Å²) in [6.45, 7) is 0.0967. The highest BCUT2D eigenvalue weighted by molar-refractivity contribution is 9.10. The van der Waals surface area contributed by atoms with Gasteiger partial charge in [-0.3, -0.25) is 10.7 Å². The molecular weight excluding hydrogens is 521 g/mol. The van der Waals surface area contributed by atoms with E-state index in [1.165, 1.54) is 24.5 Å². The summed E-state index contributed by atoms with van der Waals surface area (Å²) in [7, 11) is -2.86. The van der Waals surface area contributed by atoms with Crippen molar-refractivity contribution in [1.82, 2.24) is 15.8 Å². The summed E-state index contributed by atoms with van der Waals surface area (Å²) in [5.41, 5.74) is 2.77. The topological polar surface area (TPSA) is 154 Å². The van der Waals surface area contributed by atoms with Crippen LogP contribution in [-0.2, 0) is 9.73 Å². The summed E-state index contributed by atoms with van der Waals surface area (Å²) >= 11 is 3.06. The van der Waals surface area contributed by atoms with Gasteiger partial charge in [-0.2, -0.15) is 0 Å².